The number of nitrogens with two attached hydrogens (primary N) is 1. The molecule has 13 rings (SSSR count). The second-order valence-electron chi connectivity index (χ2n) is 19.7. The Kier molecular flexibility index (Phi) is 23.2. The van der Waals surface area contributed by atoms with E-state index in [0.29, 0.717) is 133 Å². The number of rotatable bonds is 14. The summed E-state index contributed by atoms with van der Waals surface area (Å²) in [5, 5.41) is 63.2. The fourth-order valence-electron chi connectivity index (χ4n) is 9.56. The van der Waals surface area contributed by atoms with Crippen LogP contribution in [0.15, 0.2) is 98.2 Å². The van der Waals surface area contributed by atoms with Crippen molar-refractivity contribution in [1.82, 2.24) is 41.1 Å². The van der Waals surface area contributed by atoms with Gasteiger partial charge in [0.1, 0.15) is 56.4 Å². The molecule has 0 radical (unpaired) electrons. The topological polar surface area (TPSA) is 463 Å². The first-order chi connectivity index (χ1) is 44.2. The minimum atomic E-state index is -0.747. The van der Waals surface area contributed by atoms with Crippen LogP contribution in [0.2, 0.25) is 0 Å². The van der Waals surface area contributed by atoms with Crippen molar-refractivity contribution in [1.29, 1.82) is 0 Å². The van der Waals surface area contributed by atoms with E-state index in [2.05, 4.69) is 41.1 Å². The number of nitrogens with one attached hydrogen (secondary N) is 1. The molecule has 7 aromatic heterocycles. The summed E-state index contributed by atoms with van der Waals surface area (Å²) in [6.45, 7) is 11.6. The molecule has 32 nitrogen and oxygen atoms in total. The van der Waals surface area contributed by atoms with Crippen molar-refractivity contribution in [3.63, 3.8) is 0 Å². The number of hydrogen-bond donors (Lipinski definition) is 5. The molecular formula is C61H59N10O22W-. The Hall–Kier alpha value is -11.3. The Morgan fingerprint density at radius 1 is 0.574 bits per heavy atom. The van der Waals surface area contributed by atoms with E-state index in [1.807, 2.05) is 0 Å². The van der Waals surface area contributed by atoms with Crippen LogP contribution in [0.5, 0.6) is 17.2 Å². The number of nitrogen functional groups attached to an aromatic ring is 1. The van der Waals surface area contributed by atoms with Gasteiger partial charge in [-0.05, 0) is 101 Å². The molecule has 0 aliphatic carbocycles. The number of nitro benzene ring substituents is 1. The zero-order chi connectivity index (χ0) is 65.9. The number of carbonyl (C=O) groups excluding carboxylic acids is 6. The summed E-state index contributed by atoms with van der Waals surface area (Å²) >= 11 is 0. The van der Waals surface area contributed by atoms with Crippen LogP contribution in [-0.4, -0.2) is 118 Å². The molecule has 8 heterocycles. The molecule has 5 aromatic carbocycles. The second kappa shape index (κ2) is 31.1. The molecule has 0 spiro atoms. The zero-order valence-electron chi connectivity index (χ0n) is 51.2. The van der Waals surface area contributed by atoms with Gasteiger partial charge in [-0.3, -0.25) is 44.2 Å². The van der Waals surface area contributed by atoms with Crippen molar-refractivity contribution < 1.29 is 120 Å². The quantitative estimate of drug-likeness (QED) is 0.00990. The molecule has 0 saturated carbocycles. The number of imide groups is 1. The van der Waals surface area contributed by atoms with Gasteiger partial charge in [-0.15, -0.1) is 0 Å². The Morgan fingerprint density at radius 2 is 0.979 bits per heavy atom. The van der Waals surface area contributed by atoms with Gasteiger partial charge >= 0.3 is 29.6 Å². The number of phenolic OH excluding ortho intramolecular Hbond substituents is 3. The van der Waals surface area contributed by atoms with Gasteiger partial charge in [-0.1, -0.05) is 25.8 Å². The third-order valence-corrected chi connectivity index (χ3v) is 13.4. The molecule has 1 fully saturated rings. The summed E-state index contributed by atoms with van der Waals surface area (Å²) in [4.78, 5) is 87.7. The molecule has 492 valence electrons. The van der Waals surface area contributed by atoms with E-state index >= 15 is 0 Å². The number of fused-ring (bicyclic) bond motifs is 9. The Balaban J connectivity index is 0.000000166. The first-order valence-electron chi connectivity index (χ1n) is 28.1. The summed E-state index contributed by atoms with van der Waals surface area (Å²) in [6.07, 6.45) is 0.522. The SMILES string of the molecule is CCOC(=O)Cc1noc2ccc(O)c(N)c12.CCOC(=O)Cc1noc2ccc(O)c([N+](=O)[O-])c12.CCOC(=O)Cc1noc2ccc(O)cc12.CCOC(=O)Cc1noc2ccc3oc(C)nc3c12.Cc1nc2c(ccc3onc(C4CCC(=O)NC4=O)c32)o1.[CH3-].[W]. The average molecular weight is 1470 g/mol. The second-order valence-corrected chi connectivity index (χ2v) is 19.7. The van der Waals surface area contributed by atoms with Crippen molar-refractivity contribution >= 4 is 124 Å². The van der Waals surface area contributed by atoms with Crippen LogP contribution in [-0.2, 0) is 94.5 Å². The minimum absolute atomic E-state index is 0. The van der Waals surface area contributed by atoms with Gasteiger partial charge in [-0.2, -0.15) is 0 Å². The summed E-state index contributed by atoms with van der Waals surface area (Å²) in [5.74, 6) is -2.16. The number of nitro groups is 1. The van der Waals surface area contributed by atoms with Gasteiger partial charge in [0.2, 0.25) is 11.8 Å². The van der Waals surface area contributed by atoms with Gasteiger partial charge in [0.05, 0.1) is 84.8 Å². The third kappa shape index (κ3) is 15.9. The van der Waals surface area contributed by atoms with E-state index < -0.39 is 34.2 Å². The molecule has 2 amide bonds. The monoisotopic (exact) mass is 1470 g/mol. The average Bonchev–Trinajstić information content (AvgIpc) is 1.60. The first-order valence-corrected chi connectivity index (χ1v) is 28.1. The molecule has 1 saturated heterocycles. The molecule has 0 bridgehead atoms. The maximum absolute atomic E-state index is 12.0. The number of oxazole rings is 2. The maximum atomic E-state index is 12.0. The number of hydrogen-bond acceptors (Lipinski definition) is 30. The number of carbonyl (C=O) groups is 6. The van der Waals surface area contributed by atoms with Crippen molar-refractivity contribution in [2.75, 3.05) is 32.2 Å². The standard InChI is InChI=1S/C14H11N3O4.C13H12N2O4.C11H10N2O6.C11H12N2O4.C11H11NO4.CH3.W/c1-6-15-13-9(20-6)4-3-8-11(13)12(17-21-8)7-2-5-10(18)16-14(7)19;1-3-17-11(16)6-8-12-9(19-15-8)4-5-10-13(12)14-7(2)18-10;1-2-18-9(15)5-6-10-8(19-12-6)4-3-7(14)11(10)13(16)17;1-2-16-9(15)5-6-10-8(17-13-6)4-3-7(14)11(10)12;1-2-15-11(14)6-9-8-5-7(13)3-4-10(8)16-12-9;;/h3-4,7H,2,5H2,1H3,(H,16,18,19);4-5H,3,6H2,1-2H3;3-4,14H,2,5H2,1H3;3-4,14H,2,5,12H2,1H3;3-5,13H,2,6H2,1H3;1H3;/q;;;;;-1;. The van der Waals surface area contributed by atoms with Crippen LogP contribution >= 0.6 is 0 Å². The van der Waals surface area contributed by atoms with Crippen LogP contribution in [0.4, 0.5) is 11.4 Å². The fraction of sp³-hybridized carbons (Fsp3) is 0.279. The summed E-state index contributed by atoms with van der Waals surface area (Å²) in [7, 11) is 0. The van der Waals surface area contributed by atoms with Crippen LogP contribution in [0.3, 0.4) is 0 Å². The minimum Gasteiger partial charge on any atom is -0.508 e. The van der Waals surface area contributed by atoms with E-state index in [4.69, 9.17) is 56.1 Å². The van der Waals surface area contributed by atoms with E-state index in [0.717, 1.165) is 6.07 Å². The van der Waals surface area contributed by atoms with Crippen LogP contribution in [0, 0.1) is 31.4 Å². The van der Waals surface area contributed by atoms with E-state index in [1.165, 1.54) is 24.3 Å². The number of benzene rings is 5. The number of ether oxygens (including phenoxy) is 4. The molecular weight excluding hydrogens is 1410 g/mol. The maximum Gasteiger partial charge on any atom is 0.323 e. The van der Waals surface area contributed by atoms with Crippen LogP contribution < -0.4 is 11.1 Å². The van der Waals surface area contributed by atoms with Crippen LogP contribution in [0.1, 0.15) is 86.7 Å². The summed E-state index contributed by atoms with van der Waals surface area (Å²) < 4.78 is 55.7. The van der Waals surface area contributed by atoms with Crippen molar-refractivity contribution in [2.24, 2.45) is 0 Å². The predicted molar refractivity (Wildman–Crippen MR) is 324 cm³/mol. The number of anilines is 1. The predicted octanol–water partition coefficient (Wildman–Crippen LogP) is 9.04. The Labute approximate surface area is 543 Å². The first kappa shape index (κ1) is 70.2. The Bertz CT molecular complexity index is 4750. The van der Waals surface area contributed by atoms with E-state index in [9.17, 15) is 54.2 Å². The number of esters is 4. The number of aryl methyl sites for hydroxylation is 2. The summed E-state index contributed by atoms with van der Waals surface area (Å²) in [6, 6.07) is 17.1. The van der Waals surface area contributed by atoms with Gasteiger partial charge < -0.3 is 78.9 Å². The van der Waals surface area contributed by atoms with E-state index in [1.54, 1.807) is 77.9 Å². The van der Waals surface area contributed by atoms with Gasteiger partial charge in [0.25, 0.3) is 0 Å². The number of nitrogens with zero attached hydrogens (tertiary/aromatic N) is 8. The smallest absolute Gasteiger partial charge is 0.323 e. The molecule has 1 aliphatic heterocycles. The number of aromatic nitrogens is 7. The fourth-order valence-corrected chi connectivity index (χ4v) is 9.56. The molecule has 94 heavy (non-hydrogen) atoms. The molecule has 33 heteroatoms. The van der Waals surface area contributed by atoms with Gasteiger partial charge in [0, 0.05) is 46.7 Å². The Morgan fingerprint density at radius 3 is 1.50 bits per heavy atom. The van der Waals surface area contributed by atoms with Gasteiger partial charge in [-0.25, -0.2) is 9.97 Å². The largest absolute Gasteiger partial charge is 0.508 e. The van der Waals surface area contributed by atoms with Crippen LogP contribution in [0.25, 0.3) is 77.0 Å². The molecule has 12 aromatic rings. The number of aromatic hydroxyl groups is 3. The molecule has 1 unspecified atom stereocenters. The number of phenols is 3. The molecule has 1 aliphatic rings. The van der Waals surface area contributed by atoms with Crippen molar-refractivity contribution in [2.45, 2.75) is 86.0 Å². The normalized spacial score (nSPS) is 12.5. The number of piperidine rings is 1. The zero-order valence-corrected chi connectivity index (χ0v) is 54.1. The molecule has 6 N–H and O–H groups in total. The third-order valence-electron chi connectivity index (χ3n) is 13.4. The van der Waals surface area contributed by atoms with Crippen molar-refractivity contribution in [3.8, 4) is 17.2 Å². The summed E-state index contributed by atoms with van der Waals surface area (Å²) in [5.41, 5.74) is 12.1. The van der Waals surface area contributed by atoms with Crippen molar-refractivity contribution in [3.05, 3.63) is 125 Å². The number of amides is 2. The molecule has 1 atom stereocenters. The van der Waals surface area contributed by atoms with E-state index in [-0.39, 0.29) is 118 Å². The van der Waals surface area contributed by atoms with Gasteiger partial charge in [0.15, 0.2) is 56.6 Å².